The Bertz CT molecular complexity index is 531. The van der Waals surface area contributed by atoms with E-state index < -0.39 is 0 Å². The van der Waals surface area contributed by atoms with E-state index >= 15 is 0 Å². The van der Waals surface area contributed by atoms with Gasteiger partial charge in [-0.2, -0.15) is 0 Å². The summed E-state index contributed by atoms with van der Waals surface area (Å²) in [5.41, 5.74) is 7.63. The van der Waals surface area contributed by atoms with Gasteiger partial charge in [-0.15, -0.1) is 0 Å². The van der Waals surface area contributed by atoms with Crippen molar-refractivity contribution in [2.24, 2.45) is 5.73 Å². The number of fused-ring (bicyclic) bond motifs is 1. The number of carbonyl (C=O) groups is 2. The highest BCUT2D eigenvalue weighted by molar-refractivity contribution is 5.97. The van der Waals surface area contributed by atoms with Crippen molar-refractivity contribution in [3.8, 4) is 0 Å². The van der Waals surface area contributed by atoms with Crippen molar-refractivity contribution in [1.29, 1.82) is 0 Å². The Morgan fingerprint density at radius 2 is 1.91 bits per heavy atom. The smallest absolute Gasteiger partial charge is 0.246 e. The van der Waals surface area contributed by atoms with Gasteiger partial charge in [-0.25, -0.2) is 0 Å². The van der Waals surface area contributed by atoms with Crippen molar-refractivity contribution >= 4 is 17.5 Å². The molecule has 0 fully saturated rings. The number of benzene rings is 1. The van der Waals surface area contributed by atoms with E-state index in [9.17, 15) is 9.59 Å². The van der Waals surface area contributed by atoms with E-state index in [1.165, 1.54) is 5.56 Å². The van der Waals surface area contributed by atoms with Gasteiger partial charge in [0.2, 0.25) is 11.8 Å². The number of unbranched alkanes of at least 4 members (excludes halogenated alkanes) is 3. The van der Waals surface area contributed by atoms with Crippen LogP contribution in [0, 0.1) is 0 Å². The first-order valence-electron chi connectivity index (χ1n) is 8.57. The predicted octanol–water partition coefficient (Wildman–Crippen LogP) is 1.99. The van der Waals surface area contributed by atoms with Crippen LogP contribution in [-0.2, 0) is 16.0 Å². The quantitative estimate of drug-likeness (QED) is 0.720. The lowest BCUT2D eigenvalue weighted by atomic mass is 10.0. The molecule has 1 heterocycles. The lowest BCUT2D eigenvalue weighted by molar-refractivity contribution is -0.125. The fourth-order valence-electron chi connectivity index (χ4n) is 2.93. The molecule has 1 aliphatic rings. The van der Waals surface area contributed by atoms with Crippen molar-refractivity contribution in [3.05, 3.63) is 29.8 Å². The maximum absolute atomic E-state index is 12.4. The zero-order chi connectivity index (χ0) is 16.5. The number of carbonyl (C=O) groups excluding carboxylic acids is 2. The van der Waals surface area contributed by atoms with Crippen molar-refractivity contribution in [3.63, 3.8) is 0 Å². The first-order valence-corrected chi connectivity index (χ1v) is 8.57. The molecule has 0 saturated carbocycles. The minimum absolute atomic E-state index is 0.0337. The van der Waals surface area contributed by atoms with Gasteiger partial charge < -0.3 is 16.0 Å². The van der Waals surface area contributed by atoms with Gasteiger partial charge in [-0.05, 0) is 43.9 Å². The van der Waals surface area contributed by atoms with Crippen LogP contribution >= 0.6 is 0 Å². The molecule has 1 aromatic carbocycles. The van der Waals surface area contributed by atoms with E-state index in [1.807, 2.05) is 18.2 Å². The summed E-state index contributed by atoms with van der Waals surface area (Å²) < 4.78 is 0. The molecule has 23 heavy (non-hydrogen) atoms. The second-order valence-corrected chi connectivity index (χ2v) is 6.01. The van der Waals surface area contributed by atoms with Crippen LogP contribution in [0.15, 0.2) is 24.3 Å². The molecule has 0 aromatic heterocycles. The maximum Gasteiger partial charge on any atom is 0.246 e. The zero-order valence-corrected chi connectivity index (χ0v) is 13.7. The lowest BCUT2D eigenvalue weighted by Gasteiger charge is -2.29. The number of anilines is 1. The van der Waals surface area contributed by atoms with Gasteiger partial charge in [-0.3, -0.25) is 9.59 Å². The third-order valence-electron chi connectivity index (χ3n) is 4.21. The number of nitrogens with zero attached hydrogens (tertiary/aromatic N) is 1. The van der Waals surface area contributed by atoms with E-state index in [1.54, 1.807) is 4.90 Å². The summed E-state index contributed by atoms with van der Waals surface area (Å²) in [5.74, 6) is -0.0787. The van der Waals surface area contributed by atoms with Crippen LogP contribution in [0.5, 0.6) is 0 Å². The standard InChI is InChI=1S/C18H27N3O2/c19-12-6-2-1-3-11-17(22)20-14-18(23)21-13-7-9-15-8-4-5-10-16(15)21/h4-5,8,10H,1-3,6-7,9,11-14,19H2,(H,20,22). The summed E-state index contributed by atoms with van der Waals surface area (Å²) in [6.45, 7) is 1.51. The molecule has 0 bridgehead atoms. The van der Waals surface area contributed by atoms with Gasteiger partial charge in [0.05, 0.1) is 6.54 Å². The molecule has 0 aliphatic carbocycles. The Balaban J connectivity index is 1.74. The molecule has 1 aromatic rings. The molecule has 5 nitrogen and oxygen atoms in total. The Hall–Kier alpha value is -1.88. The number of aryl methyl sites for hydroxylation is 1. The molecule has 0 radical (unpaired) electrons. The number of nitrogens with two attached hydrogens (primary N) is 1. The van der Waals surface area contributed by atoms with Crippen LogP contribution in [-0.4, -0.2) is 31.4 Å². The molecule has 1 aliphatic heterocycles. The Morgan fingerprint density at radius 3 is 2.74 bits per heavy atom. The monoisotopic (exact) mass is 317 g/mol. The molecule has 0 unspecified atom stereocenters. The molecule has 126 valence electrons. The first-order chi connectivity index (χ1) is 11.2. The summed E-state index contributed by atoms with van der Waals surface area (Å²) in [5, 5.41) is 2.75. The normalized spacial score (nSPS) is 13.5. The molecule has 0 atom stereocenters. The highest BCUT2D eigenvalue weighted by Gasteiger charge is 2.22. The molecular weight excluding hydrogens is 290 g/mol. The first kappa shape index (κ1) is 17.5. The summed E-state index contributed by atoms with van der Waals surface area (Å²) in [6, 6.07) is 7.99. The second kappa shape index (κ2) is 9.30. The van der Waals surface area contributed by atoms with Crippen LogP contribution in [0.1, 0.15) is 44.1 Å². The van der Waals surface area contributed by atoms with Gasteiger partial charge in [-0.1, -0.05) is 31.0 Å². The van der Waals surface area contributed by atoms with Gasteiger partial charge in [0.15, 0.2) is 0 Å². The minimum Gasteiger partial charge on any atom is -0.347 e. The average molecular weight is 317 g/mol. The number of hydrogen-bond acceptors (Lipinski definition) is 3. The fourth-order valence-corrected chi connectivity index (χ4v) is 2.93. The highest BCUT2D eigenvalue weighted by Crippen LogP contribution is 2.26. The van der Waals surface area contributed by atoms with Gasteiger partial charge in [0.1, 0.15) is 0 Å². The van der Waals surface area contributed by atoms with Crippen molar-refractivity contribution in [1.82, 2.24) is 5.32 Å². The Labute approximate surface area is 138 Å². The number of para-hydroxylation sites is 1. The van der Waals surface area contributed by atoms with Crippen LogP contribution in [0.4, 0.5) is 5.69 Å². The lowest BCUT2D eigenvalue weighted by Crippen LogP contribution is -2.42. The third kappa shape index (κ3) is 5.36. The molecule has 2 amide bonds. The average Bonchev–Trinajstić information content (AvgIpc) is 2.59. The van der Waals surface area contributed by atoms with E-state index in [-0.39, 0.29) is 18.4 Å². The third-order valence-corrected chi connectivity index (χ3v) is 4.21. The molecule has 3 N–H and O–H groups in total. The van der Waals surface area contributed by atoms with Crippen LogP contribution in [0.3, 0.4) is 0 Å². The summed E-state index contributed by atoms with van der Waals surface area (Å²) >= 11 is 0. The molecule has 0 spiro atoms. The predicted molar refractivity (Wildman–Crippen MR) is 92.3 cm³/mol. The summed E-state index contributed by atoms with van der Waals surface area (Å²) in [7, 11) is 0. The van der Waals surface area contributed by atoms with Crippen LogP contribution in [0.2, 0.25) is 0 Å². The number of amides is 2. The Morgan fingerprint density at radius 1 is 1.13 bits per heavy atom. The van der Waals surface area contributed by atoms with E-state index in [2.05, 4.69) is 11.4 Å². The van der Waals surface area contributed by atoms with Gasteiger partial charge in [0.25, 0.3) is 0 Å². The largest absolute Gasteiger partial charge is 0.347 e. The SMILES string of the molecule is NCCCCCCC(=O)NCC(=O)N1CCCc2ccccc21. The second-order valence-electron chi connectivity index (χ2n) is 6.01. The van der Waals surface area contributed by atoms with Crippen molar-refractivity contribution in [2.45, 2.75) is 44.9 Å². The number of nitrogens with one attached hydrogen (secondary N) is 1. The highest BCUT2D eigenvalue weighted by atomic mass is 16.2. The molecule has 5 heteroatoms. The summed E-state index contributed by atoms with van der Waals surface area (Å²) in [6.07, 6.45) is 6.40. The minimum atomic E-state index is -0.0450. The van der Waals surface area contributed by atoms with E-state index in [0.29, 0.717) is 13.0 Å². The Kier molecular flexibility index (Phi) is 7.07. The molecule has 0 saturated heterocycles. The molecular formula is C18H27N3O2. The van der Waals surface area contributed by atoms with E-state index in [0.717, 1.165) is 50.8 Å². The van der Waals surface area contributed by atoms with Gasteiger partial charge in [0, 0.05) is 18.7 Å². The van der Waals surface area contributed by atoms with Crippen LogP contribution < -0.4 is 16.0 Å². The van der Waals surface area contributed by atoms with E-state index in [4.69, 9.17) is 5.73 Å². The fraction of sp³-hybridized carbons (Fsp3) is 0.556. The van der Waals surface area contributed by atoms with Crippen LogP contribution in [0.25, 0.3) is 0 Å². The van der Waals surface area contributed by atoms with Crippen molar-refractivity contribution in [2.75, 3.05) is 24.5 Å². The van der Waals surface area contributed by atoms with Crippen molar-refractivity contribution < 1.29 is 9.59 Å². The number of hydrogen-bond donors (Lipinski definition) is 2. The summed E-state index contributed by atoms with van der Waals surface area (Å²) in [4.78, 5) is 26.0. The number of rotatable bonds is 8. The maximum atomic E-state index is 12.4. The molecule has 2 rings (SSSR count). The topological polar surface area (TPSA) is 75.4 Å². The van der Waals surface area contributed by atoms with Gasteiger partial charge >= 0.3 is 0 Å². The zero-order valence-electron chi connectivity index (χ0n) is 13.7.